The third kappa shape index (κ3) is 6.18. The van der Waals surface area contributed by atoms with Crippen molar-refractivity contribution >= 4 is 16.8 Å². The first kappa shape index (κ1) is 30.4. The molecule has 1 unspecified atom stereocenters. The number of ether oxygens (including phenoxy) is 2. The number of benzene rings is 2. The number of halogens is 4. The molecule has 0 aliphatic carbocycles. The number of fused-ring (bicyclic) bond motifs is 1. The predicted molar refractivity (Wildman–Crippen MR) is 152 cm³/mol. The molecule has 1 aliphatic rings. The molecule has 1 atom stereocenters. The monoisotopic (exact) mass is 597 g/mol. The first-order valence-electron chi connectivity index (χ1n) is 13.8. The van der Waals surface area contributed by atoms with Crippen LogP contribution in [0, 0.1) is 11.6 Å². The molecule has 0 radical (unpaired) electrons. The van der Waals surface area contributed by atoms with E-state index < -0.39 is 35.2 Å². The summed E-state index contributed by atoms with van der Waals surface area (Å²) in [5.74, 6) is -1.53. The number of aliphatic hydroxyl groups is 1. The molecule has 2 aromatic heterocycles. The highest BCUT2D eigenvalue weighted by Crippen LogP contribution is 2.39. The molecule has 2 N–H and O–H groups in total. The quantitative estimate of drug-likeness (QED) is 0.223. The maximum atomic E-state index is 15.7. The summed E-state index contributed by atoms with van der Waals surface area (Å²) >= 11 is 0. The summed E-state index contributed by atoms with van der Waals surface area (Å²) in [5, 5.41) is 14.0. The smallest absolute Gasteiger partial charge is 0.265 e. The number of methoxy groups -OCH3 is 1. The van der Waals surface area contributed by atoms with Crippen LogP contribution in [0.15, 0.2) is 54.7 Å². The van der Waals surface area contributed by atoms with E-state index in [-0.39, 0.29) is 34.7 Å². The number of aromatic nitrogens is 2. The Morgan fingerprint density at radius 2 is 1.88 bits per heavy atom. The maximum Gasteiger partial charge on any atom is 0.265 e. The normalized spacial score (nSPS) is 17.3. The largest absolute Gasteiger partial charge is 0.494 e. The van der Waals surface area contributed by atoms with E-state index >= 15 is 4.39 Å². The number of alkyl halides is 2. The van der Waals surface area contributed by atoms with E-state index in [1.54, 1.807) is 0 Å². The van der Waals surface area contributed by atoms with Crippen LogP contribution >= 0.6 is 0 Å². The summed E-state index contributed by atoms with van der Waals surface area (Å²) in [5.41, 5.74) is -2.09. The Labute approximate surface area is 245 Å². The van der Waals surface area contributed by atoms with Crippen LogP contribution in [0.2, 0.25) is 0 Å². The second-order valence-corrected chi connectivity index (χ2v) is 11.1. The van der Waals surface area contributed by atoms with Crippen LogP contribution in [0.5, 0.6) is 5.75 Å². The Balaban J connectivity index is 1.54. The first-order valence-corrected chi connectivity index (χ1v) is 13.8. The summed E-state index contributed by atoms with van der Waals surface area (Å²) in [7, 11) is 1.39. The van der Waals surface area contributed by atoms with Crippen LogP contribution in [0.25, 0.3) is 22.2 Å². The van der Waals surface area contributed by atoms with Crippen molar-refractivity contribution in [2.75, 3.05) is 20.3 Å². The van der Waals surface area contributed by atoms with Gasteiger partial charge < -0.3 is 19.9 Å². The van der Waals surface area contributed by atoms with E-state index in [0.717, 1.165) is 19.0 Å². The molecule has 1 amide bonds. The highest BCUT2D eigenvalue weighted by Gasteiger charge is 2.40. The van der Waals surface area contributed by atoms with Crippen molar-refractivity contribution in [2.24, 2.45) is 0 Å². The van der Waals surface area contributed by atoms with Crippen molar-refractivity contribution in [1.82, 2.24) is 15.3 Å². The van der Waals surface area contributed by atoms with Gasteiger partial charge in [0.25, 0.3) is 12.3 Å². The lowest BCUT2D eigenvalue weighted by Crippen LogP contribution is -2.45. The number of hydrogen-bond donors (Lipinski definition) is 2. The number of nitrogens with zero attached hydrogens (tertiary/aromatic N) is 2. The Hall–Kier alpha value is -4.09. The minimum atomic E-state index is -2.74. The highest BCUT2D eigenvalue weighted by atomic mass is 19.3. The van der Waals surface area contributed by atoms with Crippen LogP contribution in [-0.2, 0) is 15.9 Å². The number of amides is 1. The molecule has 11 heteroatoms. The van der Waals surface area contributed by atoms with Crippen LogP contribution in [0.3, 0.4) is 0 Å². The minimum Gasteiger partial charge on any atom is -0.494 e. The van der Waals surface area contributed by atoms with Gasteiger partial charge in [-0.25, -0.2) is 22.5 Å². The molecule has 1 fully saturated rings. The summed E-state index contributed by atoms with van der Waals surface area (Å²) < 4.78 is 67.7. The number of rotatable bonds is 8. The van der Waals surface area contributed by atoms with Crippen LogP contribution < -0.4 is 10.1 Å². The van der Waals surface area contributed by atoms with Crippen molar-refractivity contribution in [3.8, 4) is 17.0 Å². The van der Waals surface area contributed by atoms with E-state index in [1.165, 1.54) is 69.5 Å². The molecule has 1 saturated heterocycles. The fourth-order valence-electron chi connectivity index (χ4n) is 5.26. The third-order valence-electron chi connectivity index (χ3n) is 7.59. The summed E-state index contributed by atoms with van der Waals surface area (Å²) in [6.07, 6.45) is 0.256. The molecule has 4 aromatic rings. The van der Waals surface area contributed by atoms with Gasteiger partial charge in [-0.2, -0.15) is 0 Å². The van der Waals surface area contributed by atoms with Crippen molar-refractivity contribution in [3.63, 3.8) is 0 Å². The van der Waals surface area contributed by atoms with Gasteiger partial charge in [-0.3, -0.25) is 9.78 Å². The van der Waals surface area contributed by atoms with Crippen molar-refractivity contribution in [3.05, 3.63) is 88.7 Å². The standard InChI is InChI=1S/C32H31F4N3O4/c1-31(2,41)23-15-25(39-28(26(23)34)18-6-8-22(33)9-7-18)32(10-4-5-11-43-32)17-38-30(40)20-12-19-13-21(29(35)36)16-37-27(19)24(14-20)42-3/h6-9,12-16,29,41H,4-5,10-11,17H2,1-3H3,(H,38,40). The number of hydrogen-bond acceptors (Lipinski definition) is 6. The lowest BCUT2D eigenvalue weighted by atomic mass is 9.86. The highest BCUT2D eigenvalue weighted by molar-refractivity contribution is 6.00. The molecule has 2 aromatic carbocycles. The minimum absolute atomic E-state index is 0.0294. The number of pyridine rings is 2. The van der Waals surface area contributed by atoms with E-state index in [1.807, 2.05) is 0 Å². The maximum absolute atomic E-state index is 15.7. The molecule has 7 nitrogen and oxygen atoms in total. The van der Waals surface area contributed by atoms with Gasteiger partial charge in [0.05, 0.1) is 24.9 Å². The van der Waals surface area contributed by atoms with Gasteiger partial charge in [0.2, 0.25) is 0 Å². The summed E-state index contributed by atoms with van der Waals surface area (Å²) in [6.45, 7) is 3.18. The molecule has 5 rings (SSSR count). The topological polar surface area (TPSA) is 93.6 Å². The van der Waals surface area contributed by atoms with Gasteiger partial charge in [-0.15, -0.1) is 0 Å². The van der Waals surface area contributed by atoms with Crippen LogP contribution in [0.1, 0.15) is 66.7 Å². The molecule has 226 valence electrons. The first-order chi connectivity index (χ1) is 20.4. The van der Waals surface area contributed by atoms with E-state index in [0.29, 0.717) is 35.2 Å². The molecule has 0 saturated carbocycles. The molecule has 0 bridgehead atoms. The average molecular weight is 598 g/mol. The third-order valence-corrected chi connectivity index (χ3v) is 7.59. The zero-order valence-corrected chi connectivity index (χ0v) is 23.9. The Bertz CT molecular complexity index is 1650. The van der Waals surface area contributed by atoms with Gasteiger partial charge >= 0.3 is 0 Å². The predicted octanol–water partition coefficient (Wildman–Crippen LogP) is 6.57. The lowest BCUT2D eigenvalue weighted by molar-refractivity contribution is -0.0838. The molecule has 43 heavy (non-hydrogen) atoms. The zero-order chi connectivity index (χ0) is 30.9. The fraction of sp³-hybridized carbons (Fsp3) is 0.344. The van der Waals surface area contributed by atoms with E-state index in [2.05, 4.69) is 15.3 Å². The Morgan fingerprint density at radius 1 is 1.14 bits per heavy atom. The van der Waals surface area contributed by atoms with Crippen LogP contribution in [-0.4, -0.2) is 41.2 Å². The van der Waals surface area contributed by atoms with Crippen molar-refractivity contribution in [2.45, 2.75) is 50.7 Å². The van der Waals surface area contributed by atoms with Gasteiger partial charge in [0.1, 0.15) is 28.4 Å². The fourth-order valence-corrected chi connectivity index (χ4v) is 5.26. The van der Waals surface area contributed by atoms with Gasteiger partial charge in [0.15, 0.2) is 5.82 Å². The second kappa shape index (κ2) is 11.9. The lowest BCUT2D eigenvalue weighted by Gasteiger charge is -2.38. The van der Waals surface area contributed by atoms with Gasteiger partial charge in [-0.1, -0.05) is 0 Å². The van der Waals surface area contributed by atoms with Gasteiger partial charge in [0, 0.05) is 40.4 Å². The van der Waals surface area contributed by atoms with Crippen molar-refractivity contribution < 1.29 is 36.9 Å². The molecule has 1 aliphatic heterocycles. The molecule has 3 heterocycles. The number of carbonyl (C=O) groups is 1. The summed E-state index contributed by atoms with van der Waals surface area (Å²) in [6, 6.07) is 10.8. The van der Waals surface area contributed by atoms with E-state index in [9.17, 15) is 23.1 Å². The van der Waals surface area contributed by atoms with Crippen LogP contribution in [0.4, 0.5) is 17.6 Å². The SMILES string of the molecule is COc1cc(C(=O)NCC2(c3cc(C(C)(C)O)c(F)c(-c4ccc(F)cc4)n3)CCCCO2)cc2cc(C(F)F)cnc12. The molecular weight excluding hydrogens is 566 g/mol. The van der Waals surface area contributed by atoms with Gasteiger partial charge in [-0.05, 0) is 81.6 Å². The zero-order valence-electron chi connectivity index (χ0n) is 23.9. The second-order valence-electron chi connectivity index (χ2n) is 11.1. The molecular formula is C32H31F4N3O4. The Kier molecular flexibility index (Phi) is 8.40. The average Bonchev–Trinajstić information content (AvgIpc) is 2.99. The van der Waals surface area contributed by atoms with E-state index in [4.69, 9.17) is 9.47 Å². The number of nitrogens with one attached hydrogen (secondary N) is 1. The van der Waals surface area contributed by atoms with Crippen molar-refractivity contribution in [1.29, 1.82) is 0 Å². The molecule has 0 spiro atoms. The summed E-state index contributed by atoms with van der Waals surface area (Å²) in [4.78, 5) is 22.1. The number of carbonyl (C=O) groups excluding carboxylic acids is 1. The Morgan fingerprint density at radius 3 is 2.51 bits per heavy atom.